The Morgan fingerprint density at radius 2 is 0.823 bits per heavy atom. The fraction of sp³-hybridized carbons (Fsp3) is 0.923. The molecule has 368 valence electrons. The summed E-state index contributed by atoms with van der Waals surface area (Å²) in [5.74, 6) is -0.823. The van der Waals surface area contributed by atoms with E-state index in [1.54, 1.807) is 0 Å². The highest BCUT2D eigenvalue weighted by molar-refractivity contribution is 7.45. The number of nitrogens with zero attached hydrogens (tertiary/aromatic N) is 1. The molecule has 0 saturated carbocycles. The molecule has 0 amide bonds. The van der Waals surface area contributed by atoms with Crippen molar-refractivity contribution in [3.8, 4) is 0 Å². The lowest BCUT2D eigenvalue weighted by Gasteiger charge is -2.28. The van der Waals surface area contributed by atoms with Crippen molar-refractivity contribution in [3.63, 3.8) is 0 Å². The van der Waals surface area contributed by atoms with Gasteiger partial charge in [-0.2, -0.15) is 0 Å². The van der Waals surface area contributed by atoms with Gasteiger partial charge in [0.1, 0.15) is 19.8 Å². The van der Waals surface area contributed by atoms with E-state index in [1.807, 2.05) is 21.1 Å². The third kappa shape index (κ3) is 48.2. The molecule has 0 radical (unpaired) electrons. The number of phosphoric acid groups is 1. The Kier molecular flexibility index (Phi) is 44.0. The van der Waals surface area contributed by atoms with E-state index in [1.165, 1.54) is 180 Å². The second-order valence-electron chi connectivity index (χ2n) is 19.2. The molecule has 0 saturated heterocycles. The molecule has 0 heterocycles. The highest BCUT2D eigenvalue weighted by atomic mass is 31.2. The van der Waals surface area contributed by atoms with Crippen LogP contribution in [0.1, 0.15) is 258 Å². The van der Waals surface area contributed by atoms with Crippen LogP contribution in [0.2, 0.25) is 0 Å². The molecule has 0 aliphatic rings. The van der Waals surface area contributed by atoms with Gasteiger partial charge in [-0.05, 0) is 38.5 Å². The second kappa shape index (κ2) is 44.9. The van der Waals surface area contributed by atoms with Crippen LogP contribution in [-0.2, 0) is 32.7 Å². The minimum absolute atomic E-state index is 0.0282. The van der Waals surface area contributed by atoms with E-state index in [4.69, 9.17) is 18.5 Å². The van der Waals surface area contributed by atoms with Gasteiger partial charge in [-0.3, -0.25) is 14.2 Å². The number of hydrogen-bond acceptors (Lipinski definition) is 8. The Morgan fingerprint density at radius 3 is 1.19 bits per heavy atom. The number of ether oxygens (including phenoxy) is 2. The van der Waals surface area contributed by atoms with Crippen LogP contribution in [0.15, 0.2) is 12.2 Å². The van der Waals surface area contributed by atoms with Gasteiger partial charge in [0, 0.05) is 12.8 Å². The Hall–Kier alpha value is -1.25. The van der Waals surface area contributed by atoms with E-state index in [0.717, 1.165) is 44.9 Å². The molecule has 0 aliphatic heterocycles. The topological polar surface area (TPSA) is 111 Å². The molecule has 0 aliphatic carbocycles. The summed E-state index contributed by atoms with van der Waals surface area (Å²) in [5.41, 5.74) is 0. The lowest BCUT2D eigenvalue weighted by Crippen LogP contribution is -2.37. The first-order valence-electron chi connectivity index (χ1n) is 26.4. The lowest BCUT2D eigenvalue weighted by molar-refractivity contribution is -0.870. The number of phosphoric ester groups is 1. The molecular formula is C52H102NO8P. The van der Waals surface area contributed by atoms with Gasteiger partial charge in [0.15, 0.2) is 6.10 Å². The summed E-state index contributed by atoms with van der Waals surface area (Å²) in [6, 6.07) is 0. The Bertz CT molecular complexity index is 1060. The molecule has 0 aromatic rings. The molecule has 0 spiro atoms. The smallest absolute Gasteiger partial charge is 0.306 e. The molecule has 9 nitrogen and oxygen atoms in total. The summed E-state index contributed by atoms with van der Waals surface area (Å²) < 4.78 is 34.1. The maximum atomic E-state index is 12.7. The van der Waals surface area contributed by atoms with Crippen LogP contribution in [0.25, 0.3) is 0 Å². The van der Waals surface area contributed by atoms with Crippen LogP contribution in [0, 0.1) is 0 Å². The van der Waals surface area contributed by atoms with Crippen LogP contribution >= 0.6 is 7.82 Å². The maximum Gasteiger partial charge on any atom is 0.306 e. The number of hydrogen-bond donors (Lipinski definition) is 0. The molecule has 0 rings (SSSR count). The monoisotopic (exact) mass is 900 g/mol. The zero-order valence-electron chi connectivity index (χ0n) is 41.6. The molecule has 62 heavy (non-hydrogen) atoms. The average Bonchev–Trinajstić information content (AvgIpc) is 3.23. The zero-order chi connectivity index (χ0) is 45.7. The van der Waals surface area contributed by atoms with Gasteiger partial charge >= 0.3 is 11.9 Å². The van der Waals surface area contributed by atoms with Crippen molar-refractivity contribution in [2.45, 2.75) is 264 Å². The fourth-order valence-electron chi connectivity index (χ4n) is 7.65. The van der Waals surface area contributed by atoms with Crippen molar-refractivity contribution in [1.29, 1.82) is 0 Å². The van der Waals surface area contributed by atoms with Gasteiger partial charge in [0.2, 0.25) is 0 Å². The van der Waals surface area contributed by atoms with Crippen LogP contribution < -0.4 is 4.89 Å². The van der Waals surface area contributed by atoms with E-state index in [2.05, 4.69) is 26.0 Å². The number of rotatable bonds is 49. The quantitative estimate of drug-likeness (QED) is 0.0195. The van der Waals surface area contributed by atoms with E-state index >= 15 is 0 Å². The molecular weight excluding hydrogens is 798 g/mol. The largest absolute Gasteiger partial charge is 0.756 e. The summed E-state index contributed by atoms with van der Waals surface area (Å²) in [6.07, 6.45) is 49.5. The molecule has 0 bridgehead atoms. The molecule has 0 aromatic carbocycles. The van der Waals surface area contributed by atoms with Gasteiger partial charge in [0.25, 0.3) is 7.82 Å². The molecule has 10 heteroatoms. The van der Waals surface area contributed by atoms with Gasteiger partial charge in [-0.25, -0.2) is 0 Å². The minimum Gasteiger partial charge on any atom is -0.756 e. The summed E-state index contributed by atoms with van der Waals surface area (Å²) >= 11 is 0. The molecule has 0 N–H and O–H groups in total. The van der Waals surface area contributed by atoms with Crippen molar-refractivity contribution < 1.29 is 42.1 Å². The van der Waals surface area contributed by atoms with Crippen molar-refractivity contribution >= 4 is 19.8 Å². The van der Waals surface area contributed by atoms with Gasteiger partial charge in [0.05, 0.1) is 27.7 Å². The van der Waals surface area contributed by atoms with Crippen LogP contribution in [0.4, 0.5) is 0 Å². The van der Waals surface area contributed by atoms with Crippen molar-refractivity contribution in [1.82, 2.24) is 0 Å². The zero-order valence-corrected chi connectivity index (χ0v) is 42.5. The van der Waals surface area contributed by atoms with E-state index < -0.39 is 26.5 Å². The number of carbonyl (C=O) groups is 2. The predicted octanol–water partition coefficient (Wildman–Crippen LogP) is 15.1. The first-order chi connectivity index (χ1) is 30.0. The highest BCUT2D eigenvalue weighted by Gasteiger charge is 2.21. The summed E-state index contributed by atoms with van der Waals surface area (Å²) in [5, 5.41) is 0. The van der Waals surface area contributed by atoms with Crippen molar-refractivity contribution in [3.05, 3.63) is 12.2 Å². The standard InChI is InChI=1S/C52H102NO8P/c1-6-8-10-12-14-16-18-20-22-24-25-26-27-29-30-32-34-36-38-40-42-44-51(54)58-48-50(49-60-62(56,57)59-47-46-53(3,4)5)61-52(55)45-43-41-39-37-35-33-31-28-23-21-19-17-15-13-11-9-7-2/h21,23,50H,6-20,22,24-49H2,1-5H3/b23-21+/t50-/m1/s1. The number of carbonyl (C=O) groups excluding carboxylic acids is 2. The Morgan fingerprint density at radius 1 is 0.484 bits per heavy atom. The first-order valence-corrected chi connectivity index (χ1v) is 27.9. The SMILES string of the molecule is CCCCCCCC/C=C/CCCCCCCCCC(=O)O[C@H](COC(=O)CCCCCCCCCCCCCCCCCCCCCCC)COP(=O)([O-])OCC[N+](C)(C)C. The first kappa shape index (κ1) is 60.8. The van der Waals surface area contributed by atoms with Crippen LogP contribution in [-0.4, -0.2) is 70.0 Å². The highest BCUT2D eigenvalue weighted by Crippen LogP contribution is 2.38. The molecule has 0 aromatic heterocycles. The Balaban J connectivity index is 4.19. The van der Waals surface area contributed by atoms with E-state index in [0.29, 0.717) is 17.4 Å². The lowest BCUT2D eigenvalue weighted by atomic mass is 10.0. The van der Waals surface area contributed by atoms with Crippen LogP contribution in [0.3, 0.4) is 0 Å². The third-order valence-electron chi connectivity index (χ3n) is 11.8. The number of esters is 2. The predicted molar refractivity (Wildman–Crippen MR) is 259 cm³/mol. The van der Waals surface area contributed by atoms with E-state index in [-0.39, 0.29) is 32.0 Å². The average molecular weight is 900 g/mol. The second-order valence-corrected chi connectivity index (χ2v) is 20.7. The normalized spacial score (nSPS) is 13.5. The Labute approximate surface area is 384 Å². The maximum absolute atomic E-state index is 12.7. The number of likely N-dealkylation sites (N-methyl/N-ethyl adjacent to an activating group) is 1. The molecule has 2 atom stereocenters. The molecule has 0 fully saturated rings. The van der Waals surface area contributed by atoms with Crippen LogP contribution in [0.5, 0.6) is 0 Å². The minimum atomic E-state index is -4.63. The number of unbranched alkanes of at least 4 members (excludes halogenated alkanes) is 33. The fourth-order valence-corrected chi connectivity index (χ4v) is 8.38. The number of quaternary nitrogens is 1. The van der Waals surface area contributed by atoms with Gasteiger partial charge < -0.3 is 27.9 Å². The van der Waals surface area contributed by atoms with Crippen molar-refractivity contribution in [2.24, 2.45) is 0 Å². The molecule has 1 unspecified atom stereocenters. The van der Waals surface area contributed by atoms with Gasteiger partial charge in [-0.1, -0.05) is 219 Å². The summed E-state index contributed by atoms with van der Waals surface area (Å²) in [4.78, 5) is 37.7. The van der Waals surface area contributed by atoms with Gasteiger partial charge in [-0.15, -0.1) is 0 Å². The third-order valence-corrected chi connectivity index (χ3v) is 12.7. The summed E-state index contributed by atoms with van der Waals surface area (Å²) in [6.45, 7) is 4.27. The number of allylic oxidation sites excluding steroid dienone is 2. The van der Waals surface area contributed by atoms with E-state index in [9.17, 15) is 19.0 Å². The van der Waals surface area contributed by atoms with Crippen molar-refractivity contribution in [2.75, 3.05) is 47.5 Å². The summed E-state index contributed by atoms with van der Waals surface area (Å²) in [7, 11) is 1.18.